The van der Waals surface area contributed by atoms with Crippen LogP contribution in [0.15, 0.2) is 22.5 Å². The molecule has 3 heteroatoms. The topological polar surface area (TPSA) is 0 Å². The van der Waals surface area contributed by atoms with E-state index in [4.69, 9.17) is 0 Å². The highest BCUT2D eigenvalue weighted by Gasteiger charge is 2.07. The van der Waals surface area contributed by atoms with Crippen molar-refractivity contribution in [3.05, 3.63) is 22.5 Å². The van der Waals surface area contributed by atoms with E-state index in [0.717, 1.165) is 11.7 Å². The third-order valence-corrected chi connectivity index (χ3v) is 2.86. The fourth-order valence-corrected chi connectivity index (χ4v) is 1.34. The van der Waals surface area contributed by atoms with Crippen molar-refractivity contribution in [1.29, 1.82) is 0 Å². The molecule has 1 aliphatic carbocycles. The number of hydrogen-bond acceptors (Lipinski definition) is 0. The standard InChI is InChI=1S/C6H9FP2/c7-4-2-1-3-5(8)6(4)9/h3H,1-2,8-9H2. The van der Waals surface area contributed by atoms with Crippen molar-refractivity contribution in [3.63, 3.8) is 0 Å². The van der Waals surface area contributed by atoms with Crippen LogP contribution in [0.1, 0.15) is 12.8 Å². The molecule has 0 amide bonds. The number of allylic oxidation sites excluding steroid dienone is 4. The first-order valence-electron chi connectivity index (χ1n) is 2.82. The minimum absolute atomic E-state index is 0.00694. The molecule has 0 aromatic rings. The first kappa shape index (κ1) is 7.38. The molecule has 0 spiro atoms. The summed E-state index contributed by atoms with van der Waals surface area (Å²) < 4.78 is 12.6. The molecule has 1 rings (SSSR count). The van der Waals surface area contributed by atoms with Gasteiger partial charge in [-0.3, -0.25) is 0 Å². The molecule has 0 nitrogen and oxygen atoms in total. The van der Waals surface area contributed by atoms with Crippen LogP contribution in [0, 0.1) is 0 Å². The van der Waals surface area contributed by atoms with Crippen molar-refractivity contribution >= 4 is 18.5 Å². The van der Waals surface area contributed by atoms with Crippen molar-refractivity contribution < 1.29 is 4.39 Å². The second-order valence-corrected chi connectivity index (χ2v) is 3.22. The lowest BCUT2D eigenvalue weighted by Crippen LogP contribution is -1.86. The van der Waals surface area contributed by atoms with E-state index in [1.807, 2.05) is 6.08 Å². The summed E-state index contributed by atoms with van der Waals surface area (Å²) in [6.45, 7) is 0. The van der Waals surface area contributed by atoms with Gasteiger partial charge in [0, 0.05) is 11.7 Å². The van der Waals surface area contributed by atoms with Crippen LogP contribution in [0.3, 0.4) is 0 Å². The predicted molar refractivity (Wildman–Crippen MR) is 44.9 cm³/mol. The molecule has 1 aliphatic rings. The van der Waals surface area contributed by atoms with Gasteiger partial charge in [-0.1, -0.05) is 6.08 Å². The number of halogens is 1. The van der Waals surface area contributed by atoms with Gasteiger partial charge in [-0.2, -0.15) is 0 Å². The van der Waals surface area contributed by atoms with Gasteiger partial charge < -0.3 is 0 Å². The van der Waals surface area contributed by atoms with Crippen molar-refractivity contribution in [2.75, 3.05) is 0 Å². The van der Waals surface area contributed by atoms with Crippen LogP contribution in [0.5, 0.6) is 0 Å². The lowest BCUT2D eigenvalue weighted by molar-refractivity contribution is 0.584. The third kappa shape index (κ3) is 1.60. The maximum absolute atomic E-state index is 12.6. The van der Waals surface area contributed by atoms with Gasteiger partial charge in [-0.05, 0) is 11.7 Å². The van der Waals surface area contributed by atoms with Crippen molar-refractivity contribution in [2.24, 2.45) is 0 Å². The highest BCUT2D eigenvalue weighted by atomic mass is 31.0. The van der Waals surface area contributed by atoms with Gasteiger partial charge >= 0.3 is 0 Å². The SMILES string of the molecule is FC1=C(P)C(P)=CCC1. The van der Waals surface area contributed by atoms with Gasteiger partial charge in [-0.25, -0.2) is 4.39 Å². The Kier molecular flexibility index (Phi) is 2.38. The van der Waals surface area contributed by atoms with Gasteiger partial charge in [0.05, 0.1) is 0 Å². The molecule has 2 unspecified atom stereocenters. The highest BCUT2D eigenvalue weighted by molar-refractivity contribution is 7.30. The molecule has 0 fully saturated rings. The van der Waals surface area contributed by atoms with Crippen molar-refractivity contribution in [1.82, 2.24) is 0 Å². The van der Waals surface area contributed by atoms with Crippen molar-refractivity contribution in [2.45, 2.75) is 12.8 Å². The Morgan fingerprint density at radius 2 is 2.11 bits per heavy atom. The summed E-state index contributed by atoms with van der Waals surface area (Å²) in [6.07, 6.45) is 3.43. The fourth-order valence-electron chi connectivity index (χ4n) is 0.756. The van der Waals surface area contributed by atoms with Crippen LogP contribution >= 0.6 is 18.5 Å². The Balaban J connectivity index is 2.88. The predicted octanol–water partition coefficient (Wildman–Crippen LogP) is 2.60. The van der Waals surface area contributed by atoms with Gasteiger partial charge in [0.15, 0.2) is 0 Å². The van der Waals surface area contributed by atoms with Crippen LogP contribution in [0.2, 0.25) is 0 Å². The van der Waals surface area contributed by atoms with E-state index < -0.39 is 0 Å². The first-order chi connectivity index (χ1) is 4.22. The number of hydrogen-bond donors (Lipinski definition) is 0. The maximum atomic E-state index is 12.6. The second kappa shape index (κ2) is 2.90. The summed E-state index contributed by atoms with van der Waals surface area (Å²) in [5.74, 6) is 0.00694. The van der Waals surface area contributed by atoms with Crippen molar-refractivity contribution in [3.8, 4) is 0 Å². The van der Waals surface area contributed by atoms with E-state index in [0.29, 0.717) is 11.7 Å². The Bertz CT molecular complexity index is 181. The highest BCUT2D eigenvalue weighted by Crippen LogP contribution is 2.33. The number of rotatable bonds is 0. The minimum atomic E-state index is 0.00694. The third-order valence-electron chi connectivity index (χ3n) is 1.33. The van der Waals surface area contributed by atoms with E-state index in [1.54, 1.807) is 0 Å². The van der Waals surface area contributed by atoms with E-state index in [1.165, 1.54) is 0 Å². The second-order valence-electron chi connectivity index (χ2n) is 2.02. The van der Waals surface area contributed by atoms with E-state index in [-0.39, 0.29) is 5.83 Å². The molecule has 0 radical (unpaired) electrons. The molecule has 50 valence electrons. The quantitative estimate of drug-likeness (QED) is 0.480. The van der Waals surface area contributed by atoms with Crippen LogP contribution < -0.4 is 0 Å². The lowest BCUT2D eigenvalue weighted by Gasteiger charge is -2.08. The van der Waals surface area contributed by atoms with Crippen LogP contribution in [0.4, 0.5) is 4.39 Å². The molecule has 0 saturated heterocycles. The van der Waals surface area contributed by atoms with E-state index in [2.05, 4.69) is 18.5 Å². The summed E-state index contributed by atoms with van der Waals surface area (Å²) in [5.41, 5.74) is 0. The Morgan fingerprint density at radius 3 is 2.56 bits per heavy atom. The van der Waals surface area contributed by atoms with Gasteiger partial charge in [0.25, 0.3) is 0 Å². The monoisotopic (exact) mass is 162 g/mol. The Morgan fingerprint density at radius 1 is 1.44 bits per heavy atom. The first-order valence-corrected chi connectivity index (χ1v) is 3.97. The molecule has 0 heterocycles. The molecule has 9 heavy (non-hydrogen) atoms. The molecule has 0 aromatic carbocycles. The summed E-state index contributed by atoms with van der Waals surface area (Å²) in [6, 6.07) is 0. The molecule has 0 aliphatic heterocycles. The maximum Gasteiger partial charge on any atom is 0.108 e. The molecule has 0 saturated carbocycles. The Labute approximate surface area is 59.0 Å². The lowest BCUT2D eigenvalue weighted by atomic mass is 10.2. The van der Waals surface area contributed by atoms with Crippen LogP contribution in [0.25, 0.3) is 0 Å². The van der Waals surface area contributed by atoms with Gasteiger partial charge in [-0.15, -0.1) is 18.5 Å². The van der Waals surface area contributed by atoms with E-state index in [9.17, 15) is 4.39 Å². The van der Waals surface area contributed by atoms with Gasteiger partial charge in [0.2, 0.25) is 0 Å². The van der Waals surface area contributed by atoms with Gasteiger partial charge in [0.1, 0.15) is 5.83 Å². The molecule has 0 bridgehead atoms. The molecular weight excluding hydrogens is 153 g/mol. The molecule has 0 aromatic heterocycles. The normalized spacial score (nSPS) is 20.1. The van der Waals surface area contributed by atoms with Crippen LogP contribution in [-0.2, 0) is 0 Å². The minimum Gasteiger partial charge on any atom is -0.211 e. The smallest absolute Gasteiger partial charge is 0.108 e. The Hall–Kier alpha value is 0.270. The van der Waals surface area contributed by atoms with Crippen LogP contribution in [-0.4, -0.2) is 0 Å². The molecular formula is C6H9FP2. The largest absolute Gasteiger partial charge is 0.211 e. The zero-order valence-corrected chi connectivity index (χ0v) is 7.33. The average Bonchev–Trinajstić information content (AvgIpc) is 1.83. The average molecular weight is 162 g/mol. The summed E-state index contributed by atoms with van der Waals surface area (Å²) in [5, 5.41) is 1.69. The summed E-state index contributed by atoms with van der Waals surface area (Å²) >= 11 is 0. The zero-order chi connectivity index (χ0) is 6.85. The summed E-state index contributed by atoms with van der Waals surface area (Å²) in [7, 11) is 4.91. The van der Waals surface area contributed by atoms with E-state index >= 15 is 0 Å². The summed E-state index contributed by atoms with van der Waals surface area (Å²) in [4.78, 5) is 0. The molecule has 2 atom stereocenters. The zero-order valence-electron chi connectivity index (χ0n) is 5.02. The fraction of sp³-hybridized carbons (Fsp3) is 0.333. The molecule has 0 N–H and O–H groups in total.